The molecule has 0 bridgehead atoms. The van der Waals surface area contributed by atoms with Gasteiger partial charge in [-0.05, 0) is 23.6 Å². The van der Waals surface area contributed by atoms with E-state index in [0.717, 1.165) is 10.2 Å². The van der Waals surface area contributed by atoms with Crippen LogP contribution >= 0.6 is 11.3 Å². The summed E-state index contributed by atoms with van der Waals surface area (Å²) < 4.78 is 0. The Labute approximate surface area is 79.4 Å². The quantitative estimate of drug-likeness (QED) is 0.753. The first-order valence-electron chi connectivity index (χ1n) is 3.87. The molecule has 0 spiro atoms. The van der Waals surface area contributed by atoms with Crippen molar-refractivity contribution in [1.82, 2.24) is 4.98 Å². The van der Waals surface area contributed by atoms with Gasteiger partial charge in [-0.1, -0.05) is 0 Å². The van der Waals surface area contributed by atoms with E-state index in [1.54, 1.807) is 17.4 Å². The number of amides is 1. The van der Waals surface area contributed by atoms with Crippen LogP contribution in [0.25, 0.3) is 10.2 Å². The Hall–Kier alpha value is -1.42. The summed E-state index contributed by atoms with van der Waals surface area (Å²) in [5.74, 6) is 0.519. The molecule has 0 fully saturated rings. The Kier molecular flexibility index (Phi) is 1.98. The summed E-state index contributed by atoms with van der Waals surface area (Å²) in [7, 11) is 0. The molecular formula is C9H8N2OS. The Bertz CT molecular complexity index is 450. The number of fused-ring (bicyclic) bond motifs is 1. The maximum absolute atomic E-state index is 10.7. The molecule has 0 aliphatic carbocycles. The number of thiophene rings is 1. The van der Waals surface area contributed by atoms with Crippen LogP contribution in [0.2, 0.25) is 0 Å². The highest BCUT2D eigenvalue weighted by Crippen LogP contribution is 2.20. The van der Waals surface area contributed by atoms with Gasteiger partial charge in [0, 0.05) is 12.3 Å². The van der Waals surface area contributed by atoms with Gasteiger partial charge in [-0.3, -0.25) is 4.79 Å². The van der Waals surface area contributed by atoms with Crippen LogP contribution in [-0.4, -0.2) is 10.9 Å². The standard InChI is InChI=1S/C9H8N2OS/c1-6(12)10-8-3-2-7-4-5-13-9(7)11-8/h2-5H,1H3,(H,10,11,12). The van der Waals surface area contributed by atoms with Crippen molar-refractivity contribution in [3.05, 3.63) is 23.6 Å². The molecule has 0 radical (unpaired) electrons. The average Bonchev–Trinajstić information content (AvgIpc) is 2.49. The van der Waals surface area contributed by atoms with E-state index in [-0.39, 0.29) is 5.91 Å². The number of hydrogen-bond donors (Lipinski definition) is 1. The number of hydrogen-bond acceptors (Lipinski definition) is 3. The lowest BCUT2D eigenvalue weighted by molar-refractivity contribution is -0.114. The van der Waals surface area contributed by atoms with E-state index in [9.17, 15) is 4.79 Å². The van der Waals surface area contributed by atoms with Crippen molar-refractivity contribution in [2.75, 3.05) is 5.32 Å². The molecular weight excluding hydrogens is 184 g/mol. The van der Waals surface area contributed by atoms with Crippen LogP contribution in [0.3, 0.4) is 0 Å². The lowest BCUT2D eigenvalue weighted by atomic mass is 10.3. The summed E-state index contributed by atoms with van der Waals surface area (Å²) in [4.78, 5) is 16.0. The van der Waals surface area contributed by atoms with Gasteiger partial charge in [-0.2, -0.15) is 0 Å². The molecule has 2 aromatic rings. The summed E-state index contributed by atoms with van der Waals surface area (Å²) in [6, 6.07) is 5.76. The molecule has 13 heavy (non-hydrogen) atoms. The predicted molar refractivity (Wildman–Crippen MR) is 53.9 cm³/mol. The molecule has 3 nitrogen and oxygen atoms in total. The number of carbonyl (C=O) groups excluding carboxylic acids is 1. The number of aromatic nitrogens is 1. The highest BCUT2D eigenvalue weighted by Gasteiger charge is 1.99. The summed E-state index contributed by atoms with van der Waals surface area (Å²) in [5, 5.41) is 5.73. The first-order chi connectivity index (χ1) is 6.25. The highest BCUT2D eigenvalue weighted by atomic mass is 32.1. The second kappa shape index (κ2) is 3.14. The summed E-state index contributed by atoms with van der Waals surface area (Å²) in [6.07, 6.45) is 0. The Morgan fingerprint density at radius 2 is 2.31 bits per heavy atom. The van der Waals surface area contributed by atoms with Crippen LogP contribution in [0, 0.1) is 0 Å². The van der Waals surface area contributed by atoms with Gasteiger partial charge in [-0.15, -0.1) is 11.3 Å². The molecule has 0 saturated heterocycles. The van der Waals surface area contributed by atoms with Crippen LogP contribution in [0.15, 0.2) is 23.6 Å². The predicted octanol–water partition coefficient (Wildman–Crippen LogP) is 2.25. The fraction of sp³-hybridized carbons (Fsp3) is 0.111. The van der Waals surface area contributed by atoms with Crippen LogP contribution in [0.1, 0.15) is 6.92 Å². The minimum atomic E-state index is -0.0941. The van der Waals surface area contributed by atoms with Crippen molar-refractivity contribution in [2.45, 2.75) is 6.92 Å². The summed E-state index contributed by atoms with van der Waals surface area (Å²) in [6.45, 7) is 1.47. The fourth-order valence-corrected chi connectivity index (χ4v) is 1.86. The molecule has 66 valence electrons. The van der Waals surface area contributed by atoms with Gasteiger partial charge in [0.05, 0.1) is 0 Å². The molecule has 0 aromatic carbocycles. The van der Waals surface area contributed by atoms with Crippen molar-refractivity contribution in [2.24, 2.45) is 0 Å². The number of anilines is 1. The van der Waals surface area contributed by atoms with E-state index in [1.807, 2.05) is 17.5 Å². The molecule has 1 N–H and O–H groups in total. The third-order valence-corrected chi connectivity index (χ3v) is 2.44. The van der Waals surface area contributed by atoms with E-state index in [2.05, 4.69) is 10.3 Å². The second-order valence-electron chi connectivity index (χ2n) is 2.69. The van der Waals surface area contributed by atoms with Crippen molar-refractivity contribution < 1.29 is 4.79 Å². The van der Waals surface area contributed by atoms with Crippen LogP contribution in [-0.2, 0) is 4.79 Å². The minimum absolute atomic E-state index is 0.0941. The second-order valence-corrected chi connectivity index (χ2v) is 3.59. The zero-order valence-corrected chi connectivity index (χ0v) is 7.89. The van der Waals surface area contributed by atoms with E-state index in [0.29, 0.717) is 5.82 Å². The monoisotopic (exact) mass is 192 g/mol. The van der Waals surface area contributed by atoms with Gasteiger partial charge in [0.15, 0.2) is 0 Å². The van der Waals surface area contributed by atoms with Crippen molar-refractivity contribution in [3.63, 3.8) is 0 Å². The normalized spacial score (nSPS) is 10.2. The van der Waals surface area contributed by atoms with E-state index < -0.39 is 0 Å². The molecule has 0 atom stereocenters. The Balaban J connectivity index is 2.42. The number of pyridine rings is 1. The summed E-state index contributed by atoms with van der Waals surface area (Å²) >= 11 is 1.57. The number of nitrogens with one attached hydrogen (secondary N) is 1. The fourth-order valence-electron chi connectivity index (χ4n) is 1.09. The van der Waals surface area contributed by atoms with Gasteiger partial charge >= 0.3 is 0 Å². The Morgan fingerprint density at radius 1 is 1.46 bits per heavy atom. The minimum Gasteiger partial charge on any atom is -0.311 e. The smallest absolute Gasteiger partial charge is 0.222 e. The third-order valence-electron chi connectivity index (χ3n) is 1.62. The lowest BCUT2D eigenvalue weighted by Crippen LogP contribution is -2.06. The lowest BCUT2D eigenvalue weighted by Gasteiger charge is -1.99. The van der Waals surface area contributed by atoms with E-state index >= 15 is 0 Å². The Morgan fingerprint density at radius 3 is 3.08 bits per heavy atom. The van der Waals surface area contributed by atoms with E-state index in [4.69, 9.17) is 0 Å². The number of carbonyl (C=O) groups is 1. The number of rotatable bonds is 1. The summed E-state index contributed by atoms with van der Waals surface area (Å²) in [5.41, 5.74) is 0. The van der Waals surface area contributed by atoms with Gasteiger partial charge < -0.3 is 5.32 Å². The van der Waals surface area contributed by atoms with Crippen LogP contribution in [0.5, 0.6) is 0 Å². The van der Waals surface area contributed by atoms with Crippen molar-refractivity contribution in [3.8, 4) is 0 Å². The largest absolute Gasteiger partial charge is 0.311 e. The van der Waals surface area contributed by atoms with Gasteiger partial charge in [0.25, 0.3) is 0 Å². The van der Waals surface area contributed by atoms with Crippen molar-refractivity contribution in [1.29, 1.82) is 0 Å². The van der Waals surface area contributed by atoms with E-state index in [1.165, 1.54) is 6.92 Å². The molecule has 2 aromatic heterocycles. The van der Waals surface area contributed by atoms with Crippen molar-refractivity contribution >= 4 is 33.3 Å². The molecule has 0 saturated carbocycles. The first kappa shape index (κ1) is 8.19. The molecule has 2 heterocycles. The topological polar surface area (TPSA) is 42.0 Å². The third kappa shape index (κ3) is 1.67. The van der Waals surface area contributed by atoms with Crippen LogP contribution < -0.4 is 5.32 Å². The van der Waals surface area contributed by atoms with Gasteiger partial charge in [0.1, 0.15) is 10.6 Å². The molecule has 4 heteroatoms. The molecule has 1 amide bonds. The zero-order chi connectivity index (χ0) is 9.26. The molecule has 0 unspecified atom stereocenters. The average molecular weight is 192 g/mol. The van der Waals surface area contributed by atoms with Gasteiger partial charge in [-0.25, -0.2) is 4.98 Å². The zero-order valence-electron chi connectivity index (χ0n) is 7.07. The SMILES string of the molecule is CC(=O)Nc1ccc2ccsc2n1. The number of nitrogens with zero attached hydrogens (tertiary/aromatic N) is 1. The first-order valence-corrected chi connectivity index (χ1v) is 4.75. The molecule has 2 rings (SSSR count). The maximum atomic E-state index is 10.7. The van der Waals surface area contributed by atoms with Crippen LogP contribution in [0.4, 0.5) is 5.82 Å². The molecule has 0 aliphatic heterocycles. The molecule has 0 aliphatic rings. The highest BCUT2D eigenvalue weighted by molar-refractivity contribution is 7.16. The van der Waals surface area contributed by atoms with Gasteiger partial charge in [0.2, 0.25) is 5.91 Å². The maximum Gasteiger partial charge on any atom is 0.222 e.